The third-order valence-electron chi connectivity index (χ3n) is 3.46. The molecule has 3 rings (SSSR count). The first-order valence-corrected chi connectivity index (χ1v) is 7.11. The van der Waals surface area contributed by atoms with Gasteiger partial charge in [-0.05, 0) is 42.0 Å². The molecule has 118 valence electrons. The molecule has 24 heavy (non-hydrogen) atoms. The van der Waals surface area contributed by atoms with E-state index in [-0.39, 0.29) is 23.7 Å². The molecule has 6 heteroatoms. The van der Waals surface area contributed by atoms with Crippen molar-refractivity contribution in [1.82, 2.24) is 0 Å². The highest BCUT2D eigenvalue weighted by molar-refractivity contribution is 5.95. The van der Waals surface area contributed by atoms with Crippen LogP contribution in [-0.4, -0.2) is 11.0 Å². The Bertz CT molecular complexity index is 1010. The summed E-state index contributed by atoms with van der Waals surface area (Å²) >= 11 is 0. The summed E-state index contributed by atoms with van der Waals surface area (Å²) in [7, 11) is 0. The van der Waals surface area contributed by atoms with Crippen LogP contribution in [0.15, 0.2) is 57.7 Å². The first-order chi connectivity index (χ1) is 11.5. The molecule has 0 aliphatic heterocycles. The van der Waals surface area contributed by atoms with Gasteiger partial charge in [0, 0.05) is 23.2 Å². The van der Waals surface area contributed by atoms with Crippen LogP contribution in [-0.2, 0) is 11.2 Å². The van der Waals surface area contributed by atoms with Crippen molar-refractivity contribution in [2.24, 2.45) is 0 Å². The van der Waals surface area contributed by atoms with Gasteiger partial charge in [-0.25, -0.2) is 4.79 Å². The first-order valence-electron chi connectivity index (χ1n) is 7.11. The van der Waals surface area contributed by atoms with E-state index >= 15 is 0 Å². The van der Waals surface area contributed by atoms with Crippen LogP contribution in [0.2, 0.25) is 0 Å². The second-order valence-electron chi connectivity index (χ2n) is 5.19. The van der Waals surface area contributed by atoms with Gasteiger partial charge in [0.2, 0.25) is 5.91 Å². The minimum atomic E-state index is -0.589. The van der Waals surface area contributed by atoms with Crippen molar-refractivity contribution in [3.63, 3.8) is 0 Å². The highest BCUT2D eigenvalue weighted by Crippen LogP contribution is 2.22. The summed E-state index contributed by atoms with van der Waals surface area (Å²) in [6, 6.07) is 14.1. The Morgan fingerprint density at radius 1 is 1.17 bits per heavy atom. The molecule has 6 nitrogen and oxygen atoms in total. The fraction of sp³-hybridized carbons (Fsp3) is 0.0556. The molecule has 0 atom stereocenters. The van der Waals surface area contributed by atoms with E-state index in [1.165, 1.54) is 18.2 Å². The Labute approximate surface area is 136 Å². The molecule has 0 bridgehead atoms. The van der Waals surface area contributed by atoms with Gasteiger partial charge in [-0.15, -0.1) is 0 Å². The van der Waals surface area contributed by atoms with Crippen molar-refractivity contribution in [3.05, 3.63) is 70.1 Å². The highest BCUT2D eigenvalue weighted by atomic mass is 16.4. The molecule has 2 aromatic carbocycles. The third-order valence-corrected chi connectivity index (χ3v) is 3.46. The van der Waals surface area contributed by atoms with Crippen molar-refractivity contribution in [2.75, 3.05) is 5.32 Å². The molecule has 0 unspecified atom stereocenters. The smallest absolute Gasteiger partial charge is 0.336 e. The lowest BCUT2D eigenvalue weighted by molar-refractivity contribution is -0.115. The van der Waals surface area contributed by atoms with E-state index in [2.05, 4.69) is 5.32 Å². The summed E-state index contributed by atoms with van der Waals surface area (Å²) in [5, 5.41) is 21.5. The van der Waals surface area contributed by atoms with Gasteiger partial charge < -0.3 is 14.8 Å². The maximum Gasteiger partial charge on any atom is 0.336 e. The lowest BCUT2D eigenvalue weighted by Gasteiger charge is -2.07. The number of nitriles is 1. The minimum absolute atomic E-state index is 0.0210. The van der Waals surface area contributed by atoms with Crippen LogP contribution >= 0.6 is 0 Å². The van der Waals surface area contributed by atoms with E-state index in [1.54, 1.807) is 30.3 Å². The lowest BCUT2D eigenvalue weighted by atomic mass is 10.1. The number of rotatable bonds is 3. The van der Waals surface area contributed by atoms with E-state index in [0.717, 1.165) is 0 Å². The molecule has 0 saturated carbocycles. The topological polar surface area (TPSA) is 103 Å². The van der Waals surface area contributed by atoms with E-state index in [0.29, 0.717) is 22.2 Å². The molecule has 1 heterocycles. The summed E-state index contributed by atoms with van der Waals surface area (Å²) in [4.78, 5) is 23.8. The van der Waals surface area contributed by atoms with Crippen LogP contribution in [0.5, 0.6) is 5.75 Å². The molecule has 1 amide bonds. The maximum atomic E-state index is 12.2. The van der Waals surface area contributed by atoms with Gasteiger partial charge in [0.25, 0.3) is 0 Å². The second-order valence-corrected chi connectivity index (χ2v) is 5.19. The molecule has 0 aliphatic rings. The lowest BCUT2D eigenvalue weighted by Crippen LogP contribution is -2.15. The number of fused-ring (bicyclic) bond motifs is 1. The number of aromatic hydroxyl groups is 1. The summed E-state index contributed by atoms with van der Waals surface area (Å²) < 4.78 is 5.03. The standard InChI is InChI=1S/C18H12N2O4/c19-10-11-1-3-13(4-2-11)20-17(22)7-12-8-18(23)24-16-9-14(21)5-6-15(12)16/h1-6,8-9,21H,7H2,(H,20,22). The number of nitrogens with zero attached hydrogens (tertiary/aromatic N) is 1. The summed E-state index contributed by atoms with van der Waals surface area (Å²) in [5.41, 5.74) is 1.20. The molecule has 0 fully saturated rings. The Balaban J connectivity index is 1.85. The summed E-state index contributed by atoms with van der Waals surface area (Å²) in [6.45, 7) is 0. The number of amides is 1. The molecule has 2 N–H and O–H groups in total. The number of hydrogen-bond donors (Lipinski definition) is 2. The van der Waals surface area contributed by atoms with Crippen LogP contribution in [0.4, 0.5) is 5.69 Å². The number of carbonyl (C=O) groups is 1. The number of carbonyl (C=O) groups excluding carboxylic acids is 1. The van der Waals surface area contributed by atoms with E-state index in [1.807, 2.05) is 6.07 Å². The normalized spacial score (nSPS) is 10.3. The molecular formula is C18H12N2O4. The van der Waals surface area contributed by atoms with E-state index in [9.17, 15) is 14.7 Å². The van der Waals surface area contributed by atoms with E-state index < -0.39 is 5.63 Å². The summed E-state index contributed by atoms with van der Waals surface area (Å²) in [5.74, 6) is -0.329. The van der Waals surface area contributed by atoms with Crippen molar-refractivity contribution in [3.8, 4) is 11.8 Å². The molecule has 3 aromatic rings. The van der Waals surface area contributed by atoms with Crippen LogP contribution in [0.3, 0.4) is 0 Å². The van der Waals surface area contributed by atoms with Gasteiger partial charge in [0.05, 0.1) is 18.1 Å². The molecule has 0 radical (unpaired) electrons. The first kappa shape index (κ1) is 15.3. The van der Waals surface area contributed by atoms with Crippen molar-refractivity contribution >= 4 is 22.6 Å². The number of phenols is 1. The predicted molar refractivity (Wildman–Crippen MR) is 87.6 cm³/mol. The van der Waals surface area contributed by atoms with Crippen molar-refractivity contribution in [1.29, 1.82) is 5.26 Å². The molecule has 0 aliphatic carbocycles. The third kappa shape index (κ3) is 3.25. The summed E-state index contributed by atoms with van der Waals surface area (Å²) in [6.07, 6.45) is -0.0210. The van der Waals surface area contributed by atoms with Crippen LogP contribution in [0, 0.1) is 11.3 Å². The average Bonchev–Trinajstić information content (AvgIpc) is 2.54. The Kier molecular flexibility index (Phi) is 4.00. The fourth-order valence-corrected chi connectivity index (χ4v) is 2.37. The SMILES string of the molecule is N#Cc1ccc(NC(=O)Cc2cc(=O)oc3cc(O)ccc23)cc1. The number of phenolic OH excluding ortho intramolecular Hbond substituents is 1. The van der Waals surface area contributed by atoms with Gasteiger partial charge >= 0.3 is 5.63 Å². The zero-order chi connectivity index (χ0) is 17.1. The largest absolute Gasteiger partial charge is 0.508 e. The van der Waals surface area contributed by atoms with Gasteiger partial charge in [-0.2, -0.15) is 5.26 Å². The quantitative estimate of drug-likeness (QED) is 0.722. The molecule has 0 spiro atoms. The Morgan fingerprint density at radius 2 is 1.92 bits per heavy atom. The number of benzene rings is 2. The Hall–Kier alpha value is -3.59. The average molecular weight is 320 g/mol. The van der Waals surface area contributed by atoms with E-state index in [4.69, 9.17) is 9.68 Å². The van der Waals surface area contributed by atoms with Crippen LogP contribution in [0.1, 0.15) is 11.1 Å². The number of nitrogens with one attached hydrogen (secondary N) is 1. The van der Waals surface area contributed by atoms with Gasteiger partial charge in [-0.3, -0.25) is 4.79 Å². The van der Waals surface area contributed by atoms with Gasteiger partial charge in [0.15, 0.2) is 0 Å². The minimum Gasteiger partial charge on any atom is -0.508 e. The zero-order valence-electron chi connectivity index (χ0n) is 12.4. The zero-order valence-corrected chi connectivity index (χ0v) is 12.4. The number of hydrogen-bond acceptors (Lipinski definition) is 5. The monoisotopic (exact) mass is 320 g/mol. The van der Waals surface area contributed by atoms with Crippen LogP contribution < -0.4 is 10.9 Å². The van der Waals surface area contributed by atoms with Gasteiger partial charge in [-0.1, -0.05) is 0 Å². The molecular weight excluding hydrogens is 308 g/mol. The van der Waals surface area contributed by atoms with Gasteiger partial charge in [0.1, 0.15) is 11.3 Å². The molecule has 0 saturated heterocycles. The predicted octanol–water partition coefficient (Wildman–Crippen LogP) is 2.55. The number of anilines is 1. The second kappa shape index (κ2) is 6.26. The van der Waals surface area contributed by atoms with Crippen molar-refractivity contribution in [2.45, 2.75) is 6.42 Å². The maximum absolute atomic E-state index is 12.2. The molecule has 1 aromatic heterocycles. The highest BCUT2D eigenvalue weighted by Gasteiger charge is 2.11. The Morgan fingerprint density at radius 3 is 2.62 bits per heavy atom. The van der Waals surface area contributed by atoms with Crippen LogP contribution in [0.25, 0.3) is 11.0 Å². The van der Waals surface area contributed by atoms with Crippen molar-refractivity contribution < 1.29 is 14.3 Å². The fourth-order valence-electron chi connectivity index (χ4n) is 2.37.